The van der Waals surface area contributed by atoms with E-state index in [9.17, 15) is 14.4 Å². The number of aromatic nitrogens is 2. The van der Waals surface area contributed by atoms with Gasteiger partial charge in [-0.3, -0.25) is 9.59 Å². The zero-order valence-electron chi connectivity index (χ0n) is 13.3. The molecule has 1 aromatic rings. The van der Waals surface area contributed by atoms with Gasteiger partial charge in [-0.25, -0.2) is 4.79 Å². The van der Waals surface area contributed by atoms with Gasteiger partial charge in [0.1, 0.15) is 5.01 Å². The van der Waals surface area contributed by atoms with Crippen LogP contribution in [0.4, 0.5) is 9.93 Å². The summed E-state index contributed by atoms with van der Waals surface area (Å²) in [6.07, 6.45) is 0.589. The minimum Gasteiger partial charge on any atom is -0.481 e. The molecule has 128 valence electrons. The molecule has 23 heavy (non-hydrogen) atoms. The third-order valence-corrected chi connectivity index (χ3v) is 4.13. The van der Waals surface area contributed by atoms with Crippen molar-refractivity contribution in [2.75, 3.05) is 11.9 Å². The van der Waals surface area contributed by atoms with Crippen molar-refractivity contribution >= 4 is 34.4 Å². The molecule has 1 rings (SSSR count). The van der Waals surface area contributed by atoms with Crippen LogP contribution in [0.2, 0.25) is 0 Å². The van der Waals surface area contributed by atoms with Crippen molar-refractivity contribution in [3.8, 4) is 0 Å². The Balaban J connectivity index is 2.42. The Kier molecular flexibility index (Phi) is 7.39. The standard InChI is InChI=1S/C13H21N5O4S/c1-4-9-17-18-13(23-9)16-11(21)7(2)8(3)15-12(22)14-6-5-10(19)20/h7-8H,4-6H2,1-3H3,(H,19,20)(H2,14,15,22)(H,16,18,21). The maximum atomic E-state index is 12.1. The van der Waals surface area contributed by atoms with Crippen molar-refractivity contribution in [1.29, 1.82) is 0 Å². The van der Waals surface area contributed by atoms with Crippen molar-refractivity contribution in [2.45, 2.75) is 39.7 Å². The summed E-state index contributed by atoms with van der Waals surface area (Å²) >= 11 is 1.31. The van der Waals surface area contributed by atoms with Crippen molar-refractivity contribution in [3.63, 3.8) is 0 Å². The first kappa shape index (κ1) is 18.8. The Bertz CT molecular complexity index is 562. The fourth-order valence-electron chi connectivity index (χ4n) is 1.56. The molecule has 0 aliphatic rings. The minimum absolute atomic E-state index is 0.0268. The number of hydrogen-bond donors (Lipinski definition) is 4. The van der Waals surface area contributed by atoms with Crippen LogP contribution in [0.3, 0.4) is 0 Å². The van der Waals surface area contributed by atoms with Crippen LogP contribution in [0.5, 0.6) is 0 Å². The molecule has 1 heterocycles. The fraction of sp³-hybridized carbons (Fsp3) is 0.615. The van der Waals surface area contributed by atoms with E-state index in [1.54, 1.807) is 13.8 Å². The van der Waals surface area contributed by atoms with Gasteiger partial charge in [0, 0.05) is 12.6 Å². The third kappa shape index (κ3) is 6.59. The molecule has 0 radical (unpaired) electrons. The van der Waals surface area contributed by atoms with Crippen LogP contribution in [0.1, 0.15) is 32.2 Å². The van der Waals surface area contributed by atoms with Gasteiger partial charge in [-0.2, -0.15) is 0 Å². The number of carboxylic acids is 1. The van der Waals surface area contributed by atoms with E-state index in [1.165, 1.54) is 11.3 Å². The Morgan fingerprint density at radius 1 is 1.26 bits per heavy atom. The molecule has 0 bridgehead atoms. The Morgan fingerprint density at radius 3 is 2.52 bits per heavy atom. The lowest BCUT2D eigenvalue weighted by atomic mass is 10.0. The number of carbonyl (C=O) groups is 3. The number of nitrogens with zero attached hydrogens (tertiary/aromatic N) is 2. The summed E-state index contributed by atoms with van der Waals surface area (Å²) in [5.41, 5.74) is 0. The zero-order chi connectivity index (χ0) is 17.4. The molecule has 4 N–H and O–H groups in total. The van der Waals surface area contributed by atoms with Gasteiger partial charge in [0.25, 0.3) is 0 Å². The number of aliphatic carboxylic acids is 1. The second-order valence-electron chi connectivity index (χ2n) is 4.97. The van der Waals surface area contributed by atoms with Gasteiger partial charge >= 0.3 is 12.0 Å². The first-order valence-corrected chi connectivity index (χ1v) is 8.04. The molecule has 0 aliphatic carbocycles. The number of amides is 3. The van der Waals surface area contributed by atoms with Gasteiger partial charge in [-0.05, 0) is 13.3 Å². The van der Waals surface area contributed by atoms with Gasteiger partial charge in [0.2, 0.25) is 11.0 Å². The summed E-state index contributed by atoms with van der Waals surface area (Å²) in [7, 11) is 0. The van der Waals surface area contributed by atoms with E-state index >= 15 is 0 Å². The number of nitrogens with one attached hydrogen (secondary N) is 3. The molecule has 2 unspecified atom stereocenters. The third-order valence-electron chi connectivity index (χ3n) is 3.15. The van der Waals surface area contributed by atoms with Crippen LogP contribution >= 0.6 is 11.3 Å². The lowest BCUT2D eigenvalue weighted by molar-refractivity contribution is -0.136. The second-order valence-corrected chi connectivity index (χ2v) is 6.03. The predicted octanol–water partition coefficient (Wildman–Crippen LogP) is 0.838. The maximum absolute atomic E-state index is 12.1. The van der Waals surface area contributed by atoms with E-state index in [0.29, 0.717) is 5.13 Å². The van der Waals surface area contributed by atoms with Crippen LogP contribution in [0.25, 0.3) is 0 Å². The number of carboxylic acid groups (broad SMARTS) is 1. The van der Waals surface area contributed by atoms with E-state index < -0.39 is 24.0 Å². The highest BCUT2D eigenvalue weighted by molar-refractivity contribution is 7.15. The van der Waals surface area contributed by atoms with E-state index in [2.05, 4.69) is 26.1 Å². The van der Waals surface area contributed by atoms with Gasteiger partial charge in [-0.15, -0.1) is 10.2 Å². The monoisotopic (exact) mass is 343 g/mol. The van der Waals surface area contributed by atoms with Gasteiger partial charge in [0.05, 0.1) is 12.3 Å². The number of urea groups is 1. The van der Waals surface area contributed by atoms with E-state index in [4.69, 9.17) is 5.11 Å². The molecule has 10 heteroatoms. The molecule has 0 saturated carbocycles. The molecule has 0 saturated heterocycles. The van der Waals surface area contributed by atoms with E-state index in [-0.39, 0.29) is 18.9 Å². The largest absolute Gasteiger partial charge is 0.481 e. The Hall–Kier alpha value is -2.23. The first-order chi connectivity index (χ1) is 10.8. The number of rotatable bonds is 8. The van der Waals surface area contributed by atoms with Crippen molar-refractivity contribution in [2.24, 2.45) is 5.92 Å². The first-order valence-electron chi connectivity index (χ1n) is 7.22. The smallest absolute Gasteiger partial charge is 0.315 e. The summed E-state index contributed by atoms with van der Waals surface area (Å²) < 4.78 is 0. The summed E-state index contributed by atoms with van der Waals surface area (Å²) in [5.74, 6) is -1.76. The minimum atomic E-state index is -0.991. The molecule has 1 aromatic heterocycles. The van der Waals surface area contributed by atoms with Crippen LogP contribution in [-0.2, 0) is 16.0 Å². The second kappa shape index (κ2) is 9.03. The quantitative estimate of drug-likeness (QED) is 0.553. The average Bonchev–Trinajstić information content (AvgIpc) is 2.93. The van der Waals surface area contributed by atoms with Crippen molar-refractivity contribution in [3.05, 3.63) is 5.01 Å². The summed E-state index contributed by atoms with van der Waals surface area (Å²) in [5, 5.41) is 25.2. The molecular weight excluding hydrogens is 322 g/mol. The van der Waals surface area contributed by atoms with Gasteiger partial charge < -0.3 is 21.1 Å². The number of anilines is 1. The molecule has 0 aromatic carbocycles. The van der Waals surface area contributed by atoms with Gasteiger partial charge in [-0.1, -0.05) is 25.2 Å². The molecule has 3 amide bonds. The summed E-state index contributed by atoms with van der Waals surface area (Å²) in [6.45, 7) is 5.35. The zero-order valence-corrected chi connectivity index (χ0v) is 14.1. The molecule has 0 spiro atoms. The number of hydrogen-bond acceptors (Lipinski definition) is 6. The normalized spacial score (nSPS) is 13.0. The SMILES string of the molecule is CCc1nnc(NC(=O)C(C)C(C)NC(=O)NCCC(=O)O)s1. The predicted molar refractivity (Wildman–Crippen MR) is 85.3 cm³/mol. The Morgan fingerprint density at radius 2 is 1.96 bits per heavy atom. The van der Waals surface area contributed by atoms with E-state index in [1.807, 2.05) is 6.92 Å². The molecular formula is C13H21N5O4S. The van der Waals surface area contributed by atoms with Crippen LogP contribution in [0.15, 0.2) is 0 Å². The summed E-state index contributed by atoms with van der Waals surface area (Å²) in [6, 6.07) is -0.944. The van der Waals surface area contributed by atoms with Crippen molar-refractivity contribution < 1.29 is 19.5 Å². The molecule has 2 atom stereocenters. The average molecular weight is 343 g/mol. The van der Waals surface area contributed by atoms with Crippen LogP contribution < -0.4 is 16.0 Å². The Labute approximate surface area is 137 Å². The highest BCUT2D eigenvalue weighted by atomic mass is 32.1. The lowest BCUT2D eigenvalue weighted by Crippen LogP contribution is -2.46. The topological polar surface area (TPSA) is 133 Å². The van der Waals surface area contributed by atoms with Gasteiger partial charge in [0.15, 0.2) is 0 Å². The molecule has 0 fully saturated rings. The van der Waals surface area contributed by atoms with E-state index in [0.717, 1.165) is 11.4 Å². The maximum Gasteiger partial charge on any atom is 0.315 e. The highest BCUT2D eigenvalue weighted by Gasteiger charge is 2.22. The fourth-order valence-corrected chi connectivity index (χ4v) is 2.24. The number of aryl methyl sites for hydroxylation is 1. The molecule has 0 aliphatic heterocycles. The van der Waals surface area contributed by atoms with Crippen LogP contribution in [0, 0.1) is 5.92 Å². The lowest BCUT2D eigenvalue weighted by Gasteiger charge is -2.20. The highest BCUT2D eigenvalue weighted by Crippen LogP contribution is 2.17. The van der Waals surface area contributed by atoms with Crippen molar-refractivity contribution in [1.82, 2.24) is 20.8 Å². The van der Waals surface area contributed by atoms with Crippen LogP contribution in [-0.4, -0.2) is 45.8 Å². The number of carbonyl (C=O) groups excluding carboxylic acids is 2. The summed E-state index contributed by atoms with van der Waals surface area (Å²) in [4.78, 5) is 34.1. The molecule has 9 nitrogen and oxygen atoms in total.